The molecule has 0 aromatic heterocycles. The van der Waals surface area contributed by atoms with Gasteiger partial charge in [0.1, 0.15) is 6.04 Å². The van der Waals surface area contributed by atoms with Crippen molar-refractivity contribution in [2.75, 3.05) is 0 Å². The van der Waals surface area contributed by atoms with Crippen molar-refractivity contribution in [1.29, 1.82) is 0 Å². The Labute approximate surface area is 217 Å². The number of hydrogen-bond donors (Lipinski definition) is 4. The molecule has 3 aromatic carbocycles. The number of benzene rings is 3. The highest BCUT2D eigenvalue weighted by atomic mass is 16.6. The summed E-state index contributed by atoms with van der Waals surface area (Å²) in [5.74, 6) is -1.81. The molecular weight excluding hydrogens is 468 g/mol. The number of nitrogens with one attached hydrogen (secondary N) is 2. The number of carboxylic acids is 1. The highest BCUT2D eigenvalue weighted by molar-refractivity contribution is 5.86. The van der Waals surface area contributed by atoms with Crippen LogP contribution < -0.4 is 10.8 Å². The maximum absolute atomic E-state index is 12.9. The third-order valence-corrected chi connectivity index (χ3v) is 6.68. The Hall–Kier alpha value is -3.52. The molecule has 1 aliphatic rings. The smallest absolute Gasteiger partial charge is 0.326 e. The Bertz CT molecular complexity index is 1230. The van der Waals surface area contributed by atoms with E-state index in [1.54, 1.807) is 0 Å². The standard InChI is InChI=1S/C30H34N2O5/c1-19(2)15-27(30(35)36)31-29(34)28(33)26(16-20-9-4-3-5-10-20)32-37-18-22-12-8-14-24-23-13-7-6-11-21(23)17-25(22)24/h3-14,19,26-28,32-33H,15-18H2,1-2H3,(H,31,34)(H,35,36). The second-order valence-electron chi connectivity index (χ2n) is 9.95. The van der Waals surface area contributed by atoms with Crippen LogP contribution in [0.1, 0.15) is 42.5 Å². The summed E-state index contributed by atoms with van der Waals surface area (Å²) in [7, 11) is 0. The molecule has 7 heteroatoms. The van der Waals surface area contributed by atoms with Gasteiger partial charge >= 0.3 is 5.97 Å². The van der Waals surface area contributed by atoms with Crippen LogP contribution in [0.5, 0.6) is 0 Å². The molecule has 0 bridgehead atoms. The molecular formula is C30H34N2O5. The number of fused-ring (bicyclic) bond motifs is 3. The first-order chi connectivity index (χ1) is 17.8. The van der Waals surface area contributed by atoms with Crippen molar-refractivity contribution in [3.8, 4) is 11.1 Å². The lowest BCUT2D eigenvalue weighted by Gasteiger charge is -2.25. The van der Waals surface area contributed by atoms with E-state index in [4.69, 9.17) is 4.84 Å². The number of carbonyl (C=O) groups is 2. The molecule has 194 valence electrons. The third-order valence-electron chi connectivity index (χ3n) is 6.68. The van der Waals surface area contributed by atoms with Crippen molar-refractivity contribution >= 4 is 11.9 Å². The Morgan fingerprint density at radius 2 is 1.65 bits per heavy atom. The Kier molecular flexibility index (Phi) is 8.71. The van der Waals surface area contributed by atoms with E-state index in [1.165, 1.54) is 22.3 Å². The summed E-state index contributed by atoms with van der Waals surface area (Å²) in [6.45, 7) is 4.01. The number of amides is 1. The predicted molar refractivity (Wildman–Crippen MR) is 142 cm³/mol. The number of aliphatic carboxylic acids is 1. The van der Waals surface area contributed by atoms with Gasteiger partial charge < -0.3 is 15.5 Å². The van der Waals surface area contributed by atoms with Crippen LogP contribution >= 0.6 is 0 Å². The zero-order valence-corrected chi connectivity index (χ0v) is 21.2. The number of aliphatic hydroxyl groups is 1. The minimum absolute atomic E-state index is 0.0684. The average molecular weight is 503 g/mol. The molecule has 37 heavy (non-hydrogen) atoms. The van der Waals surface area contributed by atoms with E-state index in [2.05, 4.69) is 29.0 Å². The van der Waals surface area contributed by atoms with E-state index in [9.17, 15) is 19.8 Å². The van der Waals surface area contributed by atoms with Gasteiger partial charge in [0.15, 0.2) is 6.10 Å². The molecule has 4 rings (SSSR count). The van der Waals surface area contributed by atoms with Crippen molar-refractivity contribution in [2.45, 2.75) is 57.9 Å². The normalized spacial score (nSPS) is 14.5. The van der Waals surface area contributed by atoms with Crippen molar-refractivity contribution in [1.82, 2.24) is 10.8 Å². The Balaban J connectivity index is 1.45. The maximum Gasteiger partial charge on any atom is 0.326 e. The van der Waals surface area contributed by atoms with Crippen LogP contribution in [0.15, 0.2) is 72.8 Å². The minimum atomic E-state index is -1.51. The van der Waals surface area contributed by atoms with Crippen LogP contribution in [-0.2, 0) is 33.9 Å². The Morgan fingerprint density at radius 3 is 2.38 bits per heavy atom. The van der Waals surface area contributed by atoms with E-state index < -0.39 is 30.1 Å². The lowest BCUT2D eigenvalue weighted by Crippen LogP contribution is -2.53. The lowest BCUT2D eigenvalue weighted by molar-refractivity contribution is -0.145. The third kappa shape index (κ3) is 6.63. The summed E-state index contributed by atoms with van der Waals surface area (Å²) in [4.78, 5) is 30.3. The summed E-state index contributed by atoms with van der Waals surface area (Å²) in [6.07, 6.45) is -0.103. The largest absolute Gasteiger partial charge is 0.480 e. The van der Waals surface area contributed by atoms with Gasteiger partial charge in [0, 0.05) is 0 Å². The highest BCUT2D eigenvalue weighted by Gasteiger charge is 2.31. The zero-order valence-electron chi connectivity index (χ0n) is 21.2. The van der Waals surface area contributed by atoms with Crippen LogP contribution in [0.25, 0.3) is 11.1 Å². The summed E-state index contributed by atoms with van der Waals surface area (Å²) in [6, 6.07) is 22.1. The molecule has 3 aromatic rings. The second-order valence-corrected chi connectivity index (χ2v) is 9.95. The first-order valence-electron chi connectivity index (χ1n) is 12.6. The van der Waals surface area contributed by atoms with Gasteiger partial charge in [0.2, 0.25) is 0 Å². The van der Waals surface area contributed by atoms with Gasteiger partial charge in [-0.25, -0.2) is 4.79 Å². The van der Waals surface area contributed by atoms with Gasteiger partial charge in [-0.05, 0) is 58.6 Å². The van der Waals surface area contributed by atoms with Gasteiger partial charge in [0.25, 0.3) is 5.91 Å². The molecule has 4 N–H and O–H groups in total. The van der Waals surface area contributed by atoms with E-state index in [1.807, 2.05) is 68.4 Å². The number of hydroxylamine groups is 1. The molecule has 3 unspecified atom stereocenters. The van der Waals surface area contributed by atoms with E-state index >= 15 is 0 Å². The first kappa shape index (κ1) is 26.5. The number of aliphatic hydroxyl groups excluding tert-OH is 1. The lowest BCUT2D eigenvalue weighted by atomic mass is 10.00. The first-order valence-corrected chi connectivity index (χ1v) is 12.6. The molecule has 1 aliphatic carbocycles. The molecule has 0 heterocycles. The number of carboxylic acid groups (broad SMARTS) is 1. The minimum Gasteiger partial charge on any atom is -0.480 e. The second kappa shape index (κ2) is 12.1. The summed E-state index contributed by atoms with van der Waals surface area (Å²) >= 11 is 0. The number of rotatable bonds is 12. The zero-order chi connectivity index (χ0) is 26.4. The van der Waals surface area contributed by atoms with Crippen molar-refractivity contribution < 1.29 is 24.6 Å². The molecule has 1 amide bonds. The molecule has 0 saturated carbocycles. The fraction of sp³-hybridized carbons (Fsp3) is 0.333. The number of carbonyl (C=O) groups excluding carboxylic acids is 1. The van der Waals surface area contributed by atoms with E-state index in [0.717, 1.165) is 17.5 Å². The van der Waals surface area contributed by atoms with Crippen molar-refractivity contribution in [2.24, 2.45) is 5.92 Å². The van der Waals surface area contributed by atoms with Gasteiger partial charge in [-0.2, -0.15) is 5.48 Å². The van der Waals surface area contributed by atoms with E-state index in [0.29, 0.717) is 6.42 Å². The molecule has 3 atom stereocenters. The van der Waals surface area contributed by atoms with Crippen LogP contribution in [-0.4, -0.2) is 40.3 Å². The van der Waals surface area contributed by atoms with Crippen LogP contribution in [0.2, 0.25) is 0 Å². The fourth-order valence-corrected chi connectivity index (χ4v) is 4.80. The topological polar surface area (TPSA) is 108 Å². The van der Waals surface area contributed by atoms with Crippen LogP contribution in [0.3, 0.4) is 0 Å². The summed E-state index contributed by atoms with van der Waals surface area (Å²) < 4.78 is 0. The van der Waals surface area contributed by atoms with Gasteiger partial charge in [-0.3, -0.25) is 9.63 Å². The molecule has 0 fully saturated rings. The van der Waals surface area contributed by atoms with Crippen LogP contribution in [0, 0.1) is 5.92 Å². The molecule has 0 aliphatic heterocycles. The quantitative estimate of drug-likeness (QED) is 0.219. The van der Waals surface area contributed by atoms with Gasteiger partial charge in [0.05, 0.1) is 12.6 Å². The van der Waals surface area contributed by atoms with Gasteiger partial charge in [-0.1, -0.05) is 86.6 Å². The average Bonchev–Trinajstić information content (AvgIpc) is 3.27. The fourth-order valence-electron chi connectivity index (χ4n) is 4.80. The summed E-state index contributed by atoms with van der Waals surface area (Å²) in [5, 5.41) is 22.9. The van der Waals surface area contributed by atoms with Crippen molar-refractivity contribution in [3.63, 3.8) is 0 Å². The SMILES string of the molecule is CC(C)CC(NC(=O)C(O)C(Cc1ccccc1)NOCc1cccc2c1Cc1ccccc1-2)C(=O)O. The van der Waals surface area contributed by atoms with Crippen LogP contribution in [0.4, 0.5) is 0 Å². The predicted octanol–water partition coefficient (Wildman–Crippen LogP) is 3.87. The maximum atomic E-state index is 12.9. The molecule has 0 radical (unpaired) electrons. The van der Waals surface area contributed by atoms with Crippen molar-refractivity contribution in [3.05, 3.63) is 95.1 Å². The van der Waals surface area contributed by atoms with Gasteiger partial charge in [-0.15, -0.1) is 0 Å². The van der Waals surface area contributed by atoms with E-state index in [-0.39, 0.29) is 18.9 Å². The Morgan fingerprint density at radius 1 is 0.946 bits per heavy atom. The molecule has 0 spiro atoms. The summed E-state index contributed by atoms with van der Waals surface area (Å²) in [5.41, 5.74) is 9.75. The number of hydrogen-bond acceptors (Lipinski definition) is 5. The highest BCUT2D eigenvalue weighted by Crippen LogP contribution is 2.38. The molecule has 0 saturated heterocycles. The monoisotopic (exact) mass is 502 g/mol. The molecule has 7 nitrogen and oxygen atoms in total.